The number of halogens is 1. The highest BCUT2D eigenvalue weighted by Gasteiger charge is 2.19. The van der Waals surface area contributed by atoms with E-state index in [1.54, 1.807) is 30.9 Å². The number of rotatable bonds is 1. The van der Waals surface area contributed by atoms with Gasteiger partial charge in [-0.3, -0.25) is 14.2 Å². The van der Waals surface area contributed by atoms with Crippen molar-refractivity contribution in [1.29, 1.82) is 0 Å². The SMILES string of the molecule is Cn1c(=O)c2c(S(=O)(=O)Cl)cccc2n1C. The Kier molecular flexibility index (Phi) is 2.36. The first-order valence-corrected chi connectivity index (χ1v) is 6.74. The average molecular weight is 261 g/mol. The van der Waals surface area contributed by atoms with Crippen molar-refractivity contribution in [3.05, 3.63) is 28.6 Å². The summed E-state index contributed by atoms with van der Waals surface area (Å²) in [5, 5.41) is 0.127. The molecule has 0 spiro atoms. The van der Waals surface area contributed by atoms with Gasteiger partial charge in [0, 0.05) is 24.8 Å². The summed E-state index contributed by atoms with van der Waals surface area (Å²) in [6, 6.07) is 4.55. The van der Waals surface area contributed by atoms with Crippen LogP contribution in [0.15, 0.2) is 27.9 Å². The summed E-state index contributed by atoms with van der Waals surface area (Å²) < 4.78 is 25.6. The molecule has 0 aliphatic heterocycles. The summed E-state index contributed by atoms with van der Waals surface area (Å²) in [7, 11) is 4.61. The number of nitrogens with zero attached hydrogens (tertiary/aromatic N) is 2. The predicted molar refractivity (Wildman–Crippen MR) is 61.2 cm³/mol. The van der Waals surface area contributed by atoms with E-state index in [1.165, 1.54) is 10.7 Å². The number of aromatic nitrogens is 2. The molecule has 0 radical (unpaired) electrons. The first-order valence-electron chi connectivity index (χ1n) is 4.43. The quantitative estimate of drug-likeness (QED) is 0.713. The van der Waals surface area contributed by atoms with Crippen LogP contribution in [-0.4, -0.2) is 17.8 Å². The third-order valence-electron chi connectivity index (χ3n) is 2.57. The van der Waals surface area contributed by atoms with E-state index in [9.17, 15) is 13.2 Å². The van der Waals surface area contributed by atoms with Gasteiger partial charge >= 0.3 is 0 Å². The van der Waals surface area contributed by atoms with Gasteiger partial charge in [-0.15, -0.1) is 0 Å². The number of fused-ring (bicyclic) bond motifs is 1. The summed E-state index contributed by atoms with van der Waals surface area (Å²) in [6.45, 7) is 0. The van der Waals surface area contributed by atoms with Crippen LogP contribution in [0.5, 0.6) is 0 Å². The van der Waals surface area contributed by atoms with Crippen LogP contribution in [0.3, 0.4) is 0 Å². The zero-order valence-electron chi connectivity index (χ0n) is 8.64. The molecule has 0 saturated carbocycles. The maximum absolute atomic E-state index is 11.8. The first-order chi connectivity index (χ1) is 7.34. The third-order valence-corrected chi connectivity index (χ3v) is 3.94. The average Bonchev–Trinajstić information content (AvgIpc) is 2.43. The second-order valence-corrected chi connectivity index (χ2v) is 5.97. The molecule has 0 N–H and O–H groups in total. The standard InChI is InChI=1S/C9H9ClN2O3S/c1-11-6-4-3-5-7(16(10,14)15)8(6)9(13)12(11)2/h3-5H,1-2H3. The smallest absolute Gasteiger partial charge is 0.275 e. The molecule has 2 rings (SSSR count). The normalized spacial score (nSPS) is 12.2. The fourth-order valence-corrected chi connectivity index (χ4v) is 2.73. The van der Waals surface area contributed by atoms with E-state index < -0.39 is 9.05 Å². The van der Waals surface area contributed by atoms with Gasteiger partial charge in [0.25, 0.3) is 14.6 Å². The molecule has 7 heteroatoms. The summed E-state index contributed by atoms with van der Waals surface area (Å²) in [4.78, 5) is 11.7. The molecule has 0 fully saturated rings. The highest BCUT2D eigenvalue weighted by molar-refractivity contribution is 8.14. The Bertz CT molecular complexity index is 727. The Labute approximate surface area is 96.3 Å². The van der Waals surface area contributed by atoms with Crippen molar-refractivity contribution in [3.63, 3.8) is 0 Å². The summed E-state index contributed by atoms with van der Waals surface area (Å²) in [5.41, 5.74) is 0.159. The van der Waals surface area contributed by atoms with Gasteiger partial charge in [-0.1, -0.05) is 6.07 Å². The first kappa shape index (κ1) is 11.2. The molecule has 0 atom stereocenters. The zero-order chi connectivity index (χ0) is 12.1. The minimum absolute atomic E-state index is 0.127. The fraction of sp³-hybridized carbons (Fsp3) is 0.222. The van der Waals surface area contributed by atoms with Gasteiger partial charge in [0.1, 0.15) is 0 Å². The van der Waals surface area contributed by atoms with E-state index in [1.807, 2.05) is 0 Å². The van der Waals surface area contributed by atoms with Gasteiger partial charge in [0.15, 0.2) is 0 Å². The van der Waals surface area contributed by atoms with Crippen molar-refractivity contribution < 1.29 is 8.42 Å². The molecule has 0 aliphatic rings. The zero-order valence-corrected chi connectivity index (χ0v) is 10.2. The number of hydrogen-bond acceptors (Lipinski definition) is 3. The van der Waals surface area contributed by atoms with E-state index >= 15 is 0 Å². The molecule has 16 heavy (non-hydrogen) atoms. The van der Waals surface area contributed by atoms with Crippen LogP contribution in [0.25, 0.3) is 10.9 Å². The van der Waals surface area contributed by atoms with Gasteiger partial charge in [-0.25, -0.2) is 8.42 Å². The maximum Gasteiger partial charge on any atom is 0.275 e. The Morgan fingerprint density at radius 1 is 1.19 bits per heavy atom. The molecular formula is C9H9ClN2O3S. The topological polar surface area (TPSA) is 61.1 Å². The van der Waals surface area contributed by atoms with Crippen molar-refractivity contribution in [2.24, 2.45) is 14.1 Å². The molecule has 1 aromatic carbocycles. The fourth-order valence-electron chi connectivity index (χ4n) is 1.67. The number of aryl methyl sites for hydroxylation is 1. The summed E-state index contributed by atoms with van der Waals surface area (Å²) in [6.07, 6.45) is 0. The molecule has 0 saturated heterocycles. The van der Waals surface area contributed by atoms with Gasteiger partial charge in [0.2, 0.25) is 0 Å². The highest BCUT2D eigenvalue weighted by Crippen LogP contribution is 2.22. The molecule has 0 unspecified atom stereocenters. The molecule has 0 bridgehead atoms. The van der Waals surface area contributed by atoms with Crippen LogP contribution in [0.2, 0.25) is 0 Å². The Hall–Kier alpha value is -1.27. The molecule has 1 aromatic heterocycles. The minimum Gasteiger partial charge on any atom is -0.285 e. The van der Waals surface area contributed by atoms with E-state index in [-0.39, 0.29) is 15.8 Å². The van der Waals surface area contributed by atoms with Crippen molar-refractivity contribution in [3.8, 4) is 0 Å². The van der Waals surface area contributed by atoms with Gasteiger partial charge < -0.3 is 0 Å². The molecule has 86 valence electrons. The Balaban J connectivity index is 3.12. The van der Waals surface area contributed by atoms with Crippen molar-refractivity contribution >= 4 is 30.6 Å². The second kappa shape index (κ2) is 3.36. The van der Waals surface area contributed by atoms with Gasteiger partial charge in [0.05, 0.1) is 15.8 Å². The lowest BCUT2D eigenvalue weighted by atomic mass is 10.2. The highest BCUT2D eigenvalue weighted by atomic mass is 35.7. The van der Waals surface area contributed by atoms with Crippen LogP contribution < -0.4 is 5.56 Å². The predicted octanol–water partition coefficient (Wildman–Crippen LogP) is 0.805. The van der Waals surface area contributed by atoms with Crippen molar-refractivity contribution in [2.75, 3.05) is 0 Å². The second-order valence-electron chi connectivity index (χ2n) is 3.44. The Morgan fingerprint density at radius 2 is 1.81 bits per heavy atom. The third kappa shape index (κ3) is 1.45. The van der Waals surface area contributed by atoms with Crippen LogP contribution in [0, 0.1) is 0 Å². The van der Waals surface area contributed by atoms with Gasteiger partial charge in [-0.2, -0.15) is 0 Å². The largest absolute Gasteiger partial charge is 0.285 e. The molecular weight excluding hydrogens is 252 g/mol. The maximum atomic E-state index is 11.8. The van der Waals surface area contributed by atoms with Crippen LogP contribution in [-0.2, 0) is 23.1 Å². The number of benzene rings is 1. The van der Waals surface area contributed by atoms with Crippen LogP contribution >= 0.6 is 10.7 Å². The molecule has 1 heterocycles. The lowest BCUT2D eigenvalue weighted by Crippen LogP contribution is -2.17. The van der Waals surface area contributed by atoms with Crippen LogP contribution in [0.1, 0.15) is 0 Å². The molecule has 5 nitrogen and oxygen atoms in total. The lowest BCUT2D eigenvalue weighted by molar-refractivity contribution is 0.595. The van der Waals surface area contributed by atoms with E-state index in [0.29, 0.717) is 5.52 Å². The monoisotopic (exact) mass is 260 g/mol. The lowest BCUT2D eigenvalue weighted by Gasteiger charge is -1.99. The van der Waals surface area contributed by atoms with Crippen molar-refractivity contribution in [2.45, 2.75) is 4.90 Å². The van der Waals surface area contributed by atoms with E-state index in [2.05, 4.69) is 0 Å². The van der Waals surface area contributed by atoms with Crippen molar-refractivity contribution in [1.82, 2.24) is 9.36 Å². The van der Waals surface area contributed by atoms with E-state index in [0.717, 1.165) is 0 Å². The molecule has 2 aromatic rings. The minimum atomic E-state index is -3.91. The molecule has 0 aliphatic carbocycles. The Morgan fingerprint density at radius 3 is 2.38 bits per heavy atom. The summed E-state index contributed by atoms with van der Waals surface area (Å²) in [5.74, 6) is 0. The van der Waals surface area contributed by atoms with E-state index in [4.69, 9.17) is 10.7 Å². The van der Waals surface area contributed by atoms with Crippen LogP contribution in [0.4, 0.5) is 0 Å². The van der Waals surface area contributed by atoms with Gasteiger partial charge in [-0.05, 0) is 12.1 Å². The number of hydrogen-bond donors (Lipinski definition) is 0. The molecule has 0 amide bonds. The summed E-state index contributed by atoms with van der Waals surface area (Å²) >= 11 is 0.